The van der Waals surface area contributed by atoms with Gasteiger partial charge in [0.05, 0.1) is 5.69 Å². The highest BCUT2D eigenvalue weighted by molar-refractivity contribution is 6.31. The van der Waals surface area contributed by atoms with Gasteiger partial charge in [0, 0.05) is 16.8 Å². The monoisotopic (exact) mass is 344 g/mol. The van der Waals surface area contributed by atoms with Crippen LogP contribution in [0.4, 0.5) is 11.4 Å². The van der Waals surface area contributed by atoms with Gasteiger partial charge >= 0.3 is 0 Å². The van der Waals surface area contributed by atoms with Crippen molar-refractivity contribution in [2.75, 3.05) is 23.4 Å². The molecule has 0 aromatic heterocycles. The van der Waals surface area contributed by atoms with Gasteiger partial charge in [-0.25, -0.2) is 0 Å². The fourth-order valence-electron chi connectivity index (χ4n) is 2.56. The van der Waals surface area contributed by atoms with Crippen molar-refractivity contribution >= 4 is 34.8 Å². The number of rotatable bonds is 3. The molecule has 0 bridgehead atoms. The molecule has 5 nitrogen and oxygen atoms in total. The molecule has 2 aromatic carbocycles. The molecule has 24 heavy (non-hydrogen) atoms. The van der Waals surface area contributed by atoms with E-state index in [9.17, 15) is 9.59 Å². The quantitative estimate of drug-likeness (QED) is 0.929. The molecule has 6 heteroatoms. The van der Waals surface area contributed by atoms with Crippen LogP contribution < -0.4 is 15.0 Å². The number of halogens is 1. The van der Waals surface area contributed by atoms with Gasteiger partial charge in [0.2, 0.25) is 5.91 Å². The number of aryl methyl sites for hydroxylation is 2. The third-order valence-corrected chi connectivity index (χ3v) is 4.07. The number of hydrogen-bond donors (Lipinski definition) is 1. The summed E-state index contributed by atoms with van der Waals surface area (Å²) in [4.78, 5) is 25.9. The number of carbonyl (C=O) groups excluding carboxylic acids is 2. The van der Waals surface area contributed by atoms with Crippen LogP contribution in [0.5, 0.6) is 5.75 Å². The second-order valence-corrected chi connectivity index (χ2v) is 6.18. The largest absolute Gasteiger partial charge is 0.482 e. The summed E-state index contributed by atoms with van der Waals surface area (Å²) in [6.07, 6.45) is 0. The van der Waals surface area contributed by atoms with E-state index in [1.165, 1.54) is 4.90 Å². The molecular weight excluding hydrogens is 328 g/mol. The molecule has 0 saturated heterocycles. The number of carbonyl (C=O) groups is 2. The molecule has 0 saturated carbocycles. The van der Waals surface area contributed by atoms with Crippen molar-refractivity contribution < 1.29 is 14.3 Å². The van der Waals surface area contributed by atoms with E-state index in [0.717, 1.165) is 16.8 Å². The number of nitrogens with zero attached hydrogens (tertiary/aromatic N) is 1. The molecule has 2 aromatic rings. The third-order valence-electron chi connectivity index (χ3n) is 3.83. The number of fused-ring (bicyclic) bond motifs is 1. The number of ether oxygens (including phenoxy) is 1. The molecule has 0 aliphatic carbocycles. The maximum absolute atomic E-state index is 12.4. The normalized spacial score (nSPS) is 13.3. The lowest BCUT2D eigenvalue weighted by Crippen LogP contribution is -2.43. The van der Waals surface area contributed by atoms with E-state index in [2.05, 4.69) is 5.32 Å². The molecule has 0 spiro atoms. The Morgan fingerprint density at radius 2 is 2.04 bits per heavy atom. The summed E-state index contributed by atoms with van der Waals surface area (Å²) in [7, 11) is 0. The average Bonchev–Trinajstić information content (AvgIpc) is 2.53. The number of benzene rings is 2. The van der Waals surface area contributed by atoms with Gasteiger partial charge in [-0.1, -0.05) is 23.7 Å². The van der Waals surface area contributed by atoms with E-state index < -0.39 is 0 Å². The van der Waals surface area contributed by atoms with Crippen molar-refractivity contribution in [1.82, 2.24) is 0 Å². The first kappa shape index (κ1) is 16.3. The Kier molecular flexibility index (Phi) is 4.44. The van der Waals surface area contributed by atoms with E-state index in [1.54, 1.807) is 18.2 Å². The molecule has 1 N–H and O–H groups in total. The number of anilines is 2. The maximum atomic E-state index is 12.4. The topological polar surface area (TPSA) is 58.6 Å². The van der Waals surface area contributed by atoms with Crippen LogP contribution in [0.15, 0.2) is 36.4 Å². The van der Waals surface area contributed by atoms with Crippen LogP contribution >= 0.6 is 11.6 Å². The van der Waals surface area contributed by atoms with Gasteiger partial charge in [-0.15, -0.1) is 0 Å². The Morgan fingerprint density at radius 3 is 2.83 bits per heavy atom. The van der Waals surface area contributed by atoms with Crippen LogP contribution in [0.2, 0.25) is 5.02 Å². The third kappa shape index (κ3) is 3.36. The van der Waals surface area contributed by atoms with Crippen LogP contribution in [0.25, 0.3) is 0 Å². The number of amides is 2. The minimum atomic E-state index is -0.264. The highest BCUT2D eigenvalue weighted by Gasteiger charge is 2.27. The second-order valence-electron chi connectivity index (χ2n) is 5.75. The van der Waals surface area contributed by atoms with E-state index in [-0.39, 0.29) is 25.0 Å². The van der Waals surface area contributed by atoms with Gasteiger partial charge in [0.25, 0.3) is 5.91 Å². The van der Waals surface area contributed by atoms with Crippen molar-refractivity contribution in [2.24, 2.45) is 0 Å². The predicted molar refractivity (Wildman–Crippen MR) is 93.8 cm³/mol. The molecule has 1 aliphatic heterocycles. The van der Waals surface area contributed by atoms with Gasteiger partial charge in [-0.05, 0) is 43.2 Å². The maximum Gasteiger partial charge on any atom is 0.265 e. The summed E-state index contributed by atoms with van der Waals surface area (Å²) in [6.45, 7) is 3.70. The Bertz CT molecular complexity index is 820. The zero-order valence-corrected chi connectivity index (χ0v) is 14.2. The Hall–Kier alpha value is -2.53. The zero-order chi connectivity index (χ0) is 17.3. The van der Waals surface area contributed by atoms with Crippen molar-refractivity contribution in [3.05, 3.63) is 52.5 Å². The Balaban J connectivity index is 1.79. The molecule has 0 unspecified atom stereocenters. The number of nitrogens with one attached hydrogen (secondary N) is 1. The highest BCUT2D eigenvalue weighted by Crippen LogP contribution is 2.34. The average molecular weight is 345 g/mol. The van der Waals surface area contributed by atoms with Crippen molar-refractivity contribution in [3.63, 3.8) is 0 Å². The Labute approximate surface area is 145 Å². The zero-order valence-electron chi connectivity index (χ0n) is 13.4. The minimum absolute atomic E-state index is 0.0792. The van der Waals surface area contributed by atoms with Crippen LogP contribution in [0.3, 0.4) is 0 Å². The van der Waals surface area contributed by atoms with E-state index in [4.69, 9.17) is 16.3 Å². The van der Waals surface area contributed by atoms with Crippen LogP contribution in [-0.4, -0.2) is 25.0 Å². The molecule has 0 radical (unpaired) electrons. The van der Waals surface area contributed by atoms with Gasteiger partial charge < -0.3 is 10.1 Å². The molecule has 1 aliphatic rings. The highest BCUT2D eigenvalue weighted by atomic mass is 35.5. The molecule has 2 amide bonds. The van der Waals surface area contributed by atoms with Crippen LogP contribution in [-0.2, 0) is 9.59 Å². The lowest BCUT2D eigenvalue weighted by Gasteiger charge is -2.29. The van der Waals surface area contributed by atoms with Gasteiger partial charge in [0.1, 0.15) is 12.3 Å². The van der Waals surface area contributed by atoms with Crippen LogP contribution in [0.1, 0.15) is 11.1 Å². The lowest BCUT2D eigenvalue weighted by molar-refractivity contribution is -0.123. The SMILES string of the molecule is Cc1ccc(C)c(NC(=O)CN2C(=O)COc3cc(Cl)ccc32)c1. The van der Waals surface area contributed by atoms with E-state index in [0.29, 0.717) is 16.5 Å². The summed E-state index contributed by atoms with van der Waals surface area (Å²) in [5.41, 5.74) is 3.32. The first-order valence-electron chi connectivity index (χ1n) is 7.54. The fraction of sp³-hybridized carbons (Fsp3) is 0.222. The molecular formula is C18H17ClN2O3. The predicted octanol–water partition coefficient (Wildman–Crippen LogP) is 3.32. The smallest absolute Gasteiger partial charge is 0.265 e. The number of hydrogen-bond acceptors (Lipinski definition) is 3. The summed E-state index contributed by atoms with van der Waals surface area (Å²) < 4.78 is 5.37. The Morgan fingerprint density at radius 1 is 1.25 bits per heavy atom. The van der Waals surface area contributed by atoms with Crippen molar-refractivity contribution in [3.8, 4) is 5.75 Å². The van der Waals surface area contributed by atoms with E-state index >= 15 is 0 Å². The standard InChI is InChI=1S/C18H17ClN2O3/c1-11-3-4-12(2)14(7-11)20-17(22)9-21-15-6-5-13(19)8-16(15)24-10-18(21)23/h3-8H,9-10H2,1-2H3,(H,20,22). The molecule has 0 fully saturated rings. The summed E-state index contributed by atoms with van der Waals surface area (Å²) in [5.74, 6) is -0.0255. The van der Waals surface area contributed by atoms with E-state index in [1.807, 2.05) is 32.0 Å². The lowest BCUT2D eigenvalue weighted by atomic mass is 10.1. The fourth-order valence-corrected chi connectivity index (χ4v) is 2.72. The van der Waals surface area contributed by atoms with Crippen LogP contribution in [0, 0.1) is 13.8 Å². The van der Waals surface area contributed by atoms with Gasteiger partial charge in [-0.2, -0.15) is 0 Å². The second kappa shape index (κ2) is 6.53. The first-order valence-corrected chi connectivity index (χ1v) is 7.91. The first-order chi connectivity index (χ1) is 11.4. The summed E-state index contributed by atoms with van der Waals surface area (Å²) in [6, 6.07) is 10.8. The summed E-state index contributed by atoms with van der Waals surface area (Å²) >= 11 is 5.94. The molecule has 1 heterocycles. The van der Waals surface area contributed by atoms with Gasteiger partial charge in [-0.3, -0.25) is 14.5 Å². The molecule has 124 valence electrons. The van der Waals surface area contributed by atoms with Gasteiger partial charge in [0.15, 0.2) is 6.61 Å². The van der Waals surface area contributed by atoms with Crippen molar-refractivity contribution in [2.45, 2.75) is 13.8 Å². The molecule has 0 atom stereocenters. The summed E-state index contributed by atoms with van der Waals surface area (Å²) in [5, 5.41) is 3.38. The minimum Gasteiger partial charge on any atom is -0.482 e. The van der Waals surface area contributed by atoms with Crippen molar-refractivity contribution in [1.29, 1.82) is 0 Å². The molecule has 3 rings (SSSR count).